The number of ether oxygens (including phenoxy) is 1. The minimum Gasteiger partial charge on any atom is -0.426 e. The van der Waals surface area contributed by atoms with Crippen LogP contribution in [-0.4, -0.2) is 35.7 Å². The molecule has 0 aromatic heterocycles. The van der Waals surface area contributed by atoms with Gasteiger partial charge in [-0.05, 0) is 6.42 Å². The van der Waals surface area contributed by atoms with Crippen LogP contribution in [0.4, 0.5) is 18.0 Å². The molecule has 1 heterocycles. The first kappa shape index (κ1) is 10.8. The summed E-state index contributed by atoms with van der Waals surface area (Å²) in [6, 6.07) is 0. The highest BCUT2D eigenvalue weighted by atomic mass is 19.4. The van der Waals surface area contributed by atoms with Crippen LogP contribution in [-0.2, 0) is 9.53 Å². The maximum absolute atomic E-state index is 12.1. The second-order valence-corrected chi connectivity index (χ2v) is 2.80. The van der Waals surface area contributed by atoms with Crippen LogP contribution >= 0.6 is 0 Å². The number of nitrogens with zero attached hydrogens (tertiary/aromatic N) is 1. The fraction of sp³-hybridized carbons (Fsp3) is 0.714. The van der Waals surface area contributed by atoms with Crippen LogP contribution < -0.4 is 0 Å². The maximum Gasteiger partial charge on any atom is 0.434 e. The summed E-state index contributed by atoms with van der Waals surface area (Å²) >= 11 is 0. The topological polar surface area (TPSA) is 46.6 Å². The van der Waals surface area contributed by atoms with E-state index in [0.717, 1.165) is 0 Å². The Balaban J connectivity index is 2.79. The van der Waals surface area contributed by atoms with Gasteiger partial charge in [0.05, 0.1) is 0 Å². The van der Waals surface area contributed by atoms with Gasteiger partial charge in [-0.3, -0.25) is 4.79 Å². The predicted octanol–water partition coefficient (Wildman–Crippen LogP) is 1.31. The average Bonchev–Trinajstić information content (AvgIpc) is 2.31. The standard InChI is InChI=1S/C7H8F3NO3/c1-2-3-11-5(12)4(7(8,9)10)14-6(11)13/h4H,2-3H2,1H3/t4-/m0/s1. The van der Waals surface area contributed by atoms with E-state index in [-0.39, 0.29) is 6.54 Å². The summed E-state index contributed by atoms with van der Waals surface area (Å²) in [7, 11) is 0. The van der Waals surface area contributed by atoms with Crippen LogP contribution in [0.15, 0.2) is 0 Å². The zero-order valence-corrected chi connectivity index (χ0v) is 7.30. The maximum atomic E-state index is 12.1. The average molecular weight is 211 g/mol. The molecule has 80 valence electrons. The van der Waals surface area contributed by atoms with E-state index < -0.39 is 24.3 Å². The van der Waals surface area contributed by atoms with Crippen LogP contribution in [0, 0.1) is 0 Å². The summed E-state index contributed by atoms with van der Waals surface area (Å²) in [4.78, 5) is 22.3. The Morgan fingerprint density at radius 2 is 2.00 bits per heavy atom. The van der Waals surface area contributed by atoms with Crippen molar-refractivity contribution in [2.24, 2.45) is 0 Å². The van der Waals surface area contributed by atoms with Crippen LogP contribution in [0.1, 0.15) is 13.3 Å². The van der Waals surface area contributed by atoms with Crippen molar-refractivity contribution in [3.63, 3.8) is 0 Å². The van der Waals surface area contributed by atoms with E-state index in [1.807, 2.05) is 0 Å². The van der Waals surface area contributed by atoms with E-state index >= 15 is 0 Å². The Hall–Kier alpha value is -1.27. The number of rotatable bonds is 2. The molecule has 1 fully saturated rings. The van der Waals surface area contributed by atoms with Crippen LogP contribution in [0.3, 0.4) is 0 Å². The summed E-state index contributed by atoms with van der Waals surface area (Å²) < 4.78 is 40.1. The van der Waals surface area contributed by atoms with E-state index in [4.69, 9.17) is 0 Å². The van der Waals surface area contributed by atoms with Gasteiger partial charge in [0.1, 0.15) is 0 Å². The molecule has 0 aromatic carbocycles. The van der Waals surface area contributed by atoms with E-state index in [1.165, 1.54) is 0 Å². The van der Waals surface area contributed by atoms with Crippen molar-refractivity contribution in [3.8, 4) is 0 Å². The van der Waals surface area contributed by atoms with Gasteiger partial charge in [0.2, 0.25) is 0 Å². The molecule has 0 saturated carbocycles. The summed E-state index contributed by atoms with van der Waals surface area (Å²) in [5.74, 6) is -1.33. The first-order chi connectivity index (χ1) is 6.38. The molecule has 0 aliphatic carbocycles. The van der Waals surface area contributed by atoms with Gasteiger partial charge in [-0.25, -0.2) is 9.69 Å². The molecule has 0 aromatic rings. The van der Waals surface area contributed by atoms with Crippen LogP contribution in [0.2, 0.25) is 0 Å². The third kappa shape index (κ3) is 1.80. The molecule has 0 radical (unpaired) electrons. The quantitative estimate of drug-likeness (QED) is 0.691. The highest BCUT2D eigenvalue weighted by Gasteiger charge is 2.55. The number of hydrogen-bond acceptors (Lipinski definition) is 3. The molecule has 0 spiro atoms. The Morgan fingerprint density at radius 3 is 2.36 bits per heavy atom. The summed E-state index contributed by atoms with van der Waals surface area (Å²) in [5, 5.41) is 0. The first-order valence-corrected chi connectivity index (χ1v) is 3.96. The Kier molecular flexibility index (Phi) is 2.68. The lowest BCUT2D eigenvalue weighted by Gasteiger charge is -2.11. The lowest BCUT2D eigenvalue weighted by molar-refractivity contribution is -0.196. The van der Waals surface area contributed by atoms with E-state index in [0.29, 0.717) is 11.3 Å². The second-order valence-electron chi connectivity index (χ2n) is 2.80. The normalized spacial score (nSPS) is 22.9. The molecule has 1 rings (SSSR count). The minimum absolute atomic E-state index is 0.0513. The van der Waals surface area contributed by atoms with Gasteiger partial charge in [-0.15, -0.1) is 0 Å². The molecule has 1 saturated heterocycles. The van der Waals surface area contributed by atoms with Gasteiger partial charge in [-0.2, -0.15) is 13.2 Å². The molecule has 0 N–H and O–H groups in total. The number of carbonyl (C=O) groups excluding carboxylic acids is 2. The van der Waals surface area contributed by atoms with Crippen LogP contribution in [0.25, 0.3) is 0 Å². The SMILES string of the molecule is CCCN1C(=O)O[C@H](C(F)(F)F)C1=O. The summed E-state index contributed by atoms with van der Waals surface area (Å²) in [6.45, 7) is 1.59. The zero-order valence-electron chi connectivity index (χ0n) is 7.30. The molecule has 0 bridgehead atoms. The highest BCUT2D eigenvalue weighted by Crippen LogP contribution is 2.29. The lowest BCUT2D eigenvalue weighted by Crippen LogP contribution is -2.39. The van der Waals surface area contributed by atoms with Gasteiger partial charge < -0.3 is 4.74 Å². The van der Waals surface area contributed by atoms with Gasteiger partial charge in [0.25, 0.3) is 12.0 Å². The molecule has 1 aliphatic rings. The largest absolute Gasteiger partial charge is 0.434 e. The number of amides is 2. The van der Waals surface area contributed by atoms with Gasteiger partial charge >= 0.3 is 12.3 Å². The Morgan fingerprint density at radius 1 is 1.43 bits per heavy atom. The predicted molar refractivity (Wildman–Crippen MR) is 38.3 cm³/mol. The molecular formula is C7H8F3NO3. The molecule has 4 nitrogen and oxygen atoms in total. The van der Waals surface area contributed by atoms with E-state index in [2.05, 4.69) is 4.74 Å². The number of carbonyl (C=O) groups is 2. The molecule has 0 unspecified atom stereocenters. The molecule has 7 heteroatoms. The van der Waals surface area contributed by atoms with Crippen molar-refractivity contribution in [1.82, 2.24) is 4.90 Å². The van der Waals surface area contributed by atoms with Gasteiger partial charge in [-0.1, -0.05) is 6.92 Å². The zero-order chi connectivity index (χ0) is 10.9. The van der Waals surface area contributed by atoms with Crippen molar-refractivity contribution in [1.29, 1.82) is 0 Å². The number of alkyl halides is 3. The van der Waals surface area contributed by atoms with Crippen molar-refractivity contribution in [3.05, 3.63) is 0 Å². The fourth-order valence-corrected chi connectivity index (χ4v) is 1.08. The van der Waals surface area contributed by atoms with Gasteiger partial charge in [0.15, 0.2) is 0 Å². The Bertz CT molecular complexity index is 263. The lowest BCUT2D eigenvalue weighted by atomic mass is 10.3. The number of hydrogen-bond donors (Lipinski definition) is 0. The molecule has 14 heavy (non-hydrogen) atoms. The number of cyclic esters (lactones) is 1. The molecule has 2 amide bonds. The van der Waals surface area contributed by atoms with Crippen molar-refractivity contribution in [2.45, 2.75) is 25.6 Å². The van der Waals surface area contributed by atoms with Crippen molar-refractivity contribution in [2.75, 3.05) is 6.54 Å². The monoisotopic (exact) mass is 211 g/mol. The van der Waals surface area contributed by atoms with E-state index in [1.54, 1.807) is 6.92 Å². The molecule has 1 aliphatic heterocycles. The minimum atomic E-state index is -4.82. The van der Waals surface area contributed by atoms with Crippen molar-refractivity contribution >= 4 is 12.0 Å². The summed E-state index contributed by atoms with van der Waals surface area (Å²) in [5.41, 5.74) is 0. The van der Waals surface area contributed by atoms with Crippen molar-refractivity contribution < 1.29 is 27.5 Å². The fourth-order valence-electron chi connectivity index (χ4n) is 1.08. The third-order valence-electron chi connectivity index (χ3n) is 1.67. The molecular weight excluding hydrogens is 203 g/mol. The number of imide groups is 1. The van der Waals surface area contributed by atoms with E-state index in [9.17, 15) is 22.8 Å². The van der Waals surface area contributed by atoms with Crippen LogP contribution in [0.5, 0.6) is 0 Å². The van der Waals surface area contributed by atoms with Gasteiger partial charge in [0, 0.05) is 6.54 Å². The highest BCUT2D eigenvalue weighted by molar-refractivity contribution is 6.00. The third-order valence-corrected chi connectivity index (χ3v) is 1.67. The summed E-state index contributed by atoms with van der Waals surface area (Å²) in [6.07, 6.45) is -8.28. The first-order valence-electron chi connectivity index (χ1n) is 3.96. The molecule has 1 atom stereocenters. The second kappa shape index (κ2) is 3.47. The smallest absolute Gasteiger partial charge is 0.426 e. The number of halogens is 3. The Labute approximate surface area is 77.6 Å².